The van der Waals surface area contributed by atoms with Crippen LogP contribution in [0.5, 0.6) is 0 Å². The maximum Gasteiger partial charge on any atom is 0.368 e. The van der Waals surface area contributed by atoms with Crippen molar-refractivity contribution in [2.24, 2.45) is 7.05 Å². The quantitative estimate of drug-likeness (QED) is 0.545. The molecule has 0 radical (unpaired) electrons. The first-order valence-corrected chi connectivity index (χ1v) is 3.53. The molecule has 0 saturated heterocycles. The zero-order chi connectivity index (χ0) is 9.26. The summed E-state index contributed by atoms with van der Waals surface area (Å²) in [5.74, 6) is 0. The summed E-state index contributed by atoms with van der Waals surface area (Å²) < 4.78 is 2.26. The Hall–Kier alpha value is -2.05. The van der Waals surface area contributed by atoms with E-state index in [0.29, 0.717) is 5.69 Å². The molecular weight excluding hydrogens is 172 g/mol. The second-order valence-electron chi connectivity index (χ2n) is 2.39. The van der Waals surface area contributed by atoms with Gasteiger partial charge in [0.15, 0.2) is 0 Å². The van der Waals surface area contributed by atoms with Crippen molar-refractivity contribution in [3.05, 3.63) is 29.2 Å². The van der Waals surface area contributed by atoms with Crippen LogP contribution in [0, 0.1) is 0 Å². The van der Waals surface area contributed by atoms with E-state index in [4.69, 9.17) is 0 Å². The van der Waals surface area contributed by atoms with E-state index in [1.807, 2.05) is 0 Å². The van der Waals surface area contributed by atoms with Gasteiger partial charge in [0.2, 0.25) is 0 Å². The summed E-state index contributed by atoms with van der Waals surface area (Å²) >= 11 is 0. The molecule has 0 spiro atoms. The zero-order valence-electron chi connectivity index (χ0n) is 6.82. The third kappa shape index (κ3) is 1.19. The van der Waals surface area contributed by atoms with Gasteiger partial charge in [0.05, 0.1) is 12.4 Å². The molecule has 2 heterocycles. The molecule has 2 aromatic rings. The Balaban J connectivity index is 2.60. The molecule has 0 unspecified atom stereocenters. The molecule has 13 heavy (non-hydrogen) atoms. The Morgan fingerprint density at radius 1 is 1.23 bits per heavy atom. The van der Waals surface area contributed by atoms with Gasteiger partial charge in [-0.1, -0.05) is 0 Å². The average Bonchev–Trinajstić information content (AvgIpc) is 2.49. The largest absolute Gasteiger partial charge is 0.368 e. The molecule has 0 aliphatic heterocycles. The molecule has 66 valence electrons. The fourth-order valence-corrected chi connectivity index (χ4v) is 0.876. The van der Waals surface area contributed by atoms with Crippen molar-refractivity contribution in [3.8, 4) is 5.69 Å². The Kier molecular flexibility index (Phi) is 1.62. The molecular formula is C6H6N6O. The summed E-state index contributed by atoms with van der Waals surface area (Å²) in [6.45, 7) is 0. The normalized spacial score (nSPS) is 10.2. The first-order valence-electron chi connectivity index (χ1n) is 3.53. The molecule has 0 saturated carbocycles. The third-order valence-corrected chi connectivity index (χ3v) is 1.51. The van der Waals surface area contributed by atoms with E-state index in [2.05, 4.69) is 20.4 Å². The maximum atomic E-state index is 11.3. The molecule has 0 aromatic carbocycles. The molecule has 0 atom stereocenters. The summed E-state index contributed by atoms with van der Waals surface area (Å²) in [6.07, 6.45) is 4.36. The molecule has 0 amide bonds. The lowest BCUT2D eigenvalue weighted by Gasteiger charge is -1.93. The first kappa shape index (κ1) is 7.59. The Morgan fingerprint density at radius 2 is 1.92 bits per heavy atom. The van der Waals surface area contributed by atoms with Gasteiger partial charge in [-0.25, -0.2) is 14.8 Å². The van der Waals surface area contributed by atoms with Gasteiger partial charge in [-0.3, -0.25) is 0 Å². The lowest BCUT2D eigenvalue weighted by atomic mass is 10.5. The minimum absolute atomic E-state index is 0.324. The van der Waals surface area contributed by atoms with E-state index in [9.17, 15) is 4.79 Å². The number of nitrogens with zero attached hydrogens (tertiary/aromatic N) is 6. The maximum absolute atomic E-state index is 11.3. The molecule has 0 bridgehead atoms. The van der Waals surface area contributed by atoms with Gasteiger partial charge in [0.25, 0.3) is 0 Å². The molecule has 7 nitrogen and oxygen atoms in total. The second kappa shape index (κ2) is 2.77. The lowest BCUT2D eigenvalue weighted by molar-refractivity contribution is 0.692. The standard InChI is InChI=1S/C6H6N6O/c1-11-6(13)12(10-9-11)5-2-7-4-8-3-5/h2-4H,1H3. The lowest BCUT2D eigenvalue weighted by Crippen LogP contribution is -2.22. The van der Waals surface area contributed by atoms with Gasteiger partial charge in [0, 0.05) is 7.05 Å². The molecule has 2 rings (SSSR count). The van der Waals surface area contributed by atoms with Crippen molar-refractivity contribution in [1.29, 1.82) is 0 Å². The van der Waals surface area contributed by atoms with Crippen LogP contribution < -0.4 is 5.69 Å². The Bertz CT molecular complexity index is 457. The number of rotatable bonds is 1. The molecule has 0 N–H and O–H groups in total. The zero-order valence-corrected chi connectivity index (χ0v) is 6.82. The Morgan fingerprint density at radius 3 is 2.46 bits per heavy atom. The predicted octanol–water partition coefficient (Wildman–Crippen LogP) is -1.24. The highest BCUT2D eigenvalue weighted by Crippen LogP contribution is 1.94. The second-order valence-corrected chi connectivity index (χ2v) is 2.39. The molecule has 0 fully saturated rings. The molecule has 0 aliphatic carbocycles. The van der Waals surface area contributed by atoms with Crippen molar-refractivity contribution in [3.63, 3.8) is 0 Å². The summed E-state index contributed by atoms with van der Waals surface area (Å²) in [7, 11) is 1.52. The van der Waals surface area contributed by atoms with Crippen molar-refractivity contribution in [2.75, 3.05) is 0 Å². The number of tetrazole rings is 1. The van der Waals surface area contributed by atoms with Crippen LogP contribution in [0.4, 0.5) is 0 Å². The number of aryl methyl sites for hydroxylation is 1. The minimum atomic E-state index is -0.324. The topological polar surface area (TPSA) is 78.5 Å². The van der Waals surface area contributed by atoms with Crippen LogP contribution in [0.15, 0.2) is 23.5 Å². The van der Waals surface area contributed by atoms with Crippen LogP contribution in [0.1, 0.15) is 0 Å². The number of hydrogen-bond acceptors (Lipinski definition) is 5. The summed E-state index contributed by atoms with van der Waals surface area (Å²) in [6, 6.07) is 0. The van der Waals surface area contributed by atoms with Crippen LogP contribution in [-0.2, 0) is 7.05 Å². The van der Waals surface area contributed by atoms with Gasteiger partial charge < -0.3 is 0 Å². The van der Waals surface area contributed by atoms with E-state index < -0.39 is 0 Å². The molecule has 2 aromatic heterocycles. The van der Waals surface area contributed by atoms with Crippen LogP contribution in [0.2, 0.25) is 0 Å². The van der Waals surface area contributed by atoms with Gasteiger partial charge in [-0.15, -0.1) is 0 Å². The van der Waals surface area contributed by atoms with E-state index in [1.165, 1.54) is 25.8 Å². The third-order valence-electron chi connectivity index (χ3n) is 1.51. The van der Waals surface area contributed by atoms with Gasteiger partial charge in [0.1, 0.15) is 12.0 Å². The van der Waals surface area contributed by atoms with Gasteiger partial charge in [-0.2, -0.15) is 9.36 Å². The minimum Gasteiger partial charge on any atom is -0.244 e. The van der Waals surface area contributed by atoms with E-state index in [-0.39, 0.29) is 5.69 Å². The monoisotopic (exact) mass is 178 g/mol. The van der Waals surface area contributed by atoms with E-state index in [1.54, 1.807) is 0 Å². The Labute approximate surface area is 72.6 Å². The van der Waals surface area contributed by atoms with Gasteiger partial charge in [-0.05, 0) is 10.4 Å². The smallest absolute Gasteiger partial charge is 0.244 e. The van der Waals surface area contributed by atoms with Crippen LogP contribution in [-0.4, -0.2) is 29.8 Å². The summed E-state index contributed by atoms with van der Waals surface area (Å²) in [5.41, 5.74) is 0.176. The molecule has 7 heteroatoms. The number of aromatic nitrogens is 6. The highest BCUT2D eigenvalue weighted by molar-refractivity contribution is 5.20. The summed E-state index contributed by atoms with van der Waals surface area (Å²) in [5, 5.41) is 7.18. The fraction of sp³-hybridized carbons (Fsp3) is 0.167. The highest BCUT2D eigenvalue weighted by Gasteiger charge is 2.04. The summed E-state index contributed by atoms with van der Waals surface area (Å²) in [4.78, 5) is 18.8. The molecule has 0 aliphatic rings. The van der Waals surface area contributed by atoms with Crippen molar-refractivity contribution in [1.82, 2.24) is 29.8 Å². The average molecular weight is 178 g/mol. The highest BCUT2D eigenvalue weighted by atomic mass is 16.2. The predicted molar refractivity (Wildman–Crippen MR) is 42.2 cm³/mol. The van der Waals surface area contributed by atoms with E-state index >= 15 is 0 Å². The van der Waals surface area contributed by atoms with Crippen LogP contribution in [0.25, 0.3) is 5.69 Å². The van der Waals surface area contributed by atoms with Crippen molar-refractivity contribution < 1.29 is 0 Å². The van der Waals surface area contributed by atoms with E-state index in [0.717, 1.165) is 9.36 Å². The van der Waals surface area contributed by atoms with Crippen LogP contribution in [0.3, 0.4) is 0 Å². The van der Waals surface area contributed by atoms with Gasteiger partial charge >= 0.3 is 5.69 Å². The SMILES string of the molecule is Cn1nnn(-c2cncnc2)c1=O. The van der Waals surface area contributed by atoms with Crippen LogP contribution >= 0.6 is 0 Å². The van der Waals surface area contributed by atoms with Crippen molar-refractivity contribution >= 4 is 0 Å². The first-order chi connectivity index (χ1) is 6.29. The fourth-order valence-electron chi connectivity index (χ4n) is 0.876. The van der Waals surface area contributed by atoms with Crippen molar-refractivity contribution in [2.45, 2.75) is 0 Å². The number of hydrogen-bond donors (Lipinski definition) is 0.